The van der Waals surface area contributed by atoms with Gasteiger partial charge in [-0.15, -0.1) is 9.89 Å². The molecule has 0 atom stereocenters. The van der Waals surface area contributed by atoms with Crippen LogP contribution in [-0.4, -0.2) is 26.3 Å². The molecule has 58 valence electrons. The molecule has 6 heteroatoms. The molecule has 0 aromatic carbocycles. The summed E-state index contributed by atoms with van der Waals surface area (Å²) in [5.74, 6) is 0.678. The summed E-state index contributed by atoms with van der Waals surface area (Å²) < 4.78 is 1.68. The van der Waals surface area contributed by atoms with Gasteiger partial charge in [-0.05, 0) is 0 Å². The first kappa shape index (κ1) is 6.48. The van der Waals surface area contributed by atoms with E-state index < -0.39 is 0 Å². The fraction of sp³-hybridized carbons (Fsp3) is 0.200. The number of nitrogens with zero attached hydrogens (tertiary/aromatic N) is 4. The van der Waals surface area contributed by atoms with Crippen LogP contribution < -0.4 is 5.43 Å². The first-order valence-corrected chi connectivity index (χ1v) is 3.45. The molecule has 2 aromatic heterocycles. The number of hydrogen-bond acceptors (Lipinski definition) is 3. The highest BCUT2D eigenvalue weighted by Gasteiger charge is 2.04. The van der Waals surface area contributed by atoms with Crippen LogP contribution in [0.25, 0.3) is 5.78 Å². The third-order valence-electron chi connectivity index (χ3n) is 1.42. The molecule has 0 amide bonds. The second-order valence-corrected chi connectivity index (χ2v) is 2.40. The van der Waals surface area contributed by atoms with E-state index in [-0.39, 0.29) is 0 Å². The molecule has 2 aromatic rings. The molecule has 0 bridgehead atoms. The minimum Gasteiger partial charge on any atom is -0.310 e. The monoisotopic (exact) mass is 171 g/mol. The van der Waals surface area contributed by atoms with Gasteiger partial charge in [0.1, 0.15) is 11.5 Å². The maximum Gasteiger partial charge on any atom is 0.253 e. The van der Waals surface area contributed by atoms with Gasteiger partial charge in [-0.1, -0.05) is 11.6 Å². The van der Waals surface area contributed by atoms with Gasteiger partial charge in [-0.2, -0.15) is 0 Å². The highest BCUT2D eigenvalue weighted by atomic mass is 35.5. The Morgan fingerprint density at radius 2 is 2.45 bits per heavy atom. The van der Waals surface area contributed by atoms with Crippen LogP contribution in [0.15, 0.2) is 12.5 Å². The van der Waals surface area contributed by atoms with Crippen LogP contribution in [0.2, 0.25) is 5.15 Å². The van der Waals surface area contributed by atoms with Gasteiger partial charge in [0.05, 0.1) is 6.20 Å². The maximum atomic E-state index is 5.76. The molecule has 11 heavy (non-hydrogen) atoms. The van der Waals surface area contributed by atoms with Gasteiger partial charge in [0.25, 0.3) is 5.78 Å². The van der Waals surface area contributed by atoms with Crippen LogP contribution in [-0.2, 0) is 0 Å². The minimum atomic E-state index is 0.557. The van der Waals surface area contributed by atoms with E-state index >= 15 is 0 Å². The molecule has 0 unspecified atom stereocenters. The van der Waals surface area contributed by atoms with E-state index in [0.717, 1.165) is 0 Å². The summed E-state index contributed by atoms with van der Waals surface area (Å²) in [6.45, 7) is 0. The predicted octanol–water partition coefficient (Wildman–Crippen LogP) is 0.357. The lowest BCUT2D eigenvalue weighted by molar-refractivity contribution is 0.800. The van der Waals surface area contributed by atoms with Gasteiger partial charge in [0, 0.05) is 7.05 Å². The fourth-order valence-corrected chi connectivity index (χ4v) is 1.08. The standard InChI is InChI=1S/C5H6ClN5/c1-7-11-5-8-2-4(6)10(5)3-9-11/h2-3,7H,1H3. The number of rotatable bonds is 1. The van der Waals surface area contributed by atoms with E-state index in [1.807, 2.05) is 0 Å². The number of halogens is 1. The van der Waals surface area contributed by atoms with Crippen LogP contribution in [0.3, 0.4) is 0 Å². The molecule has 0 radical (unpaired) electrons. The van der Waals surface area contributed by atoms with Crippen molar-refractivity contribution in [3.63, 3.8) is 0 Å². The zero-order valence-corrected chi connectivity index (χ0v) is 6.58. The molecular weight excluding hydrogens is 166 g/mol. The Bertz CT molecular complexity index is 375. The predicted molar refractivity (Wildman–Crippen MR) is 41.3 cm³/mol. The summed E-state index contributed by atoms with van der Waals surface area (Å²) in [5.41, 5.74) is 2.83. The lowest BCUT2D eigenvalue weighted by atomic mass is 10.9. The lowest BCUT2D eigenvalue weighted by Crippen LogP contribution is -2.10. The first-order valence-electron chi connectivity index (χ1n) is 3.07. The average molecular weight is 172 g/mol. The molecule has 5 nitrogen and oxygen atoms in total. The maximum absolute atomic E-state index is 5.76. The van der Waals surface area contributed by atoms with Gasteiger partial charge in [0.2, 0.25) is 0 Å². The molecule has 0 spiro atoms. The van der Waals surface area contributed by atoms with Crippen LogP contribution in [0, 0.1) is 0 Å². The number of nitrogens with one attached hydrogen (secondary N) is 1. The van der Waals surface area contributed by atoms with Crippen molar-refractivity contribution in [2.24, 2.45) is 0 Å². The molecule has 0 aliphatic rings. The molecule has 1 N–H and O–H groups in total. The van der Waals surface area contributed by atoms with Crippen LogP contribution in [0.4, 0.5) is 0 Å². The molecule has 0 saturated carbocycles. The Morgan fingerprint density at radius 1 is 1.64 bits per heavy atom. The first-order chi connectivity index (χ1) is 5.33. The number of fused-ring (bicyclic) bond motifs is 1. The van der Waals surface area contributed by atoms with Gasteiger partial charge in [-0.3, -0.25) is 4.40 Å². The summed E-state index contributed by atoms with van der Waals surface area (Å²) in [4.78, 5) is 5.55. The van der Waals surface area contributed by atoms with Crippen molar-refractivity contribution in [2.75, 3.05) is 12.5 Å². The van der Waals surface area contributed by atoms with E-state index in [1.54, 1.807) is 24.0 Å². The third kappa shape index (κ3) is 0.775. The quantitative estimate of drug-likeness (QED) is 0.674. The zero-order valence-electron chi connectivity index (χ0n) is 5.82. The van der Waals surface area contributed by atoms with Crippen LogP contribution in [0.5, 0.6) is 0 Å². The van der Waals surface area contributed by atoms with Crippen molar-refractivity contribution in [2.45, 2.75) is 0 Å². The van der Waals surface area contributed by atoms with Gasteiger partial charge in [-0.25, -0.2) is 4.98 Å². The summed E-state index contributed by atoms with van der Waals surface area (Å²) in [5, 5.41) is 4.51. The van der Waals surface area contributed by atoms with E-state index in [1.165, 1.54) is 4.79 Å². The minimum absolute atomic E-state index is 0.557. The number of hydrogen-bond donors (Lipinski definition) is 1. The molecular formula is C5H6ClN5. The van der Waals surface area contributed by atoms with Gasteiger partial charge >= 0.3 is 0 Å². The SMILES string of the molecule is CNn1ncn2c(Cl)cnc12. The largest absolute Gasteiger partial charge is 0.310 e. The Labute approximate surface area is 67.6 Å². The second-order valence-electron chi connectivity index (χ2n) is 2.02. The molecule has 0 fully saturated rings. The van der Waals surface area contributed by atoms with Crippen molar-refractivity contribution < 1.29 is 0 Å². The topological polar surface area (TPSA) is 47.2 Å². The number of imidazole rings is 1. The van der Waals surface area contributed by atoms with Crippen LogP contribution >= 0.6 is 11.6 Å². The van der Waals surface area contributed by atoms with Crippen LogP contribution in [0.1, 0.15) is 0 Å². The Balaban J connectivity index is 2.77. The second kappa shape index (κ2) is 2.13. The summed E-state index contributed by atoms with van der Waals surface area (Å²) in [6, 6.07) is 0. The summed E-state index contributed by atoms with van der Waals surface area (Å²) in [7, 11) is 1.76. The average Bonchev–Trinajstić information content (AvgIpc) is 2.53. The van der Waals surface area contributed by atoms with Gasteiger partial charge < -0.3 is 5.43 Å². The van der Waals surface area contributed by atoms with E-state index in [0.29, 0.717) is 10.9 Å². The highest BCUT2D eigenvalue weighted by Crippen LogP contribution is 2.09. The van der Waals surface area contributed by atoms with Gasteiger partial charge in [0.15, 0.2) is 0 Å². The highest BCUT2D eigenvalue weighted by molar-refractivity contribution is 6.29. The third-order valence-corrected chi connectivity index (χ3v) is 1.70. The molecule has 0 aliphatic carbocycles. The lowest BCUT2D eigenvalue weighted by Gasteiger charge is -1.94. The van der Waals surface area contributed by atoms with Crippen molar-refractivity contribution >= 4 is 17.4 Å². The van der Waals surface area contributed by atoms with Crippen molar-refractivity contribution in [1.82, 2.24) is 19.3 Å². The summed E-state index contributed by atoms with van der Waals surface area (Å²) >= 11 is 5.76. The normalized spacial score (nSPS) is 10.7. The Morgan fingerprint density at radius 3 is 3.18 bits per heavy atom. The Hall–Kier alpha value is -1.23. The van der Waals surface area contributed by atoms with E-state index in [2.05, 4.69) is 15.5 Å². The Kier molecular flexibility index (Phi) is 1.25. The fourth-order valence-electron chi connectivity index (χ4n) is 0.907. The molecule has 2 heterocycles. The van der Waals surface area contributed by atoms with E-state index in [4.69, 9.17) is 11.6 Å². The summed E-state index contributed by atoms with van der Waals surface area (Å²) in [6.07, 6.45) is 3.17. The van der Waals surface area contributed by atoms with Crippen molar-refractivity contribution in [3.05, 3.63) is 17.7 Å². The van der Waals surface area contributed by atoms with Crippen molar-refractivity contribution in [3.8, 4) is 0 Å². The molecule has 0 aliphatic heterocycles. The zero-order chi connectivity index (χ0) is 7.84. The van der Waals surface area contributed by atoms with E-state index in [9.17, 15) is 0 Å². The smallest absolute Gasteiger partial charge is 0.253 e. The molecule has 2 rings (SSSR count). The molecule has 0 saturated heterocycles. The number of aromatic nitrogens is 4. The van der Waals surface area contributed by atoms with Crippen molar-refractivity contribution in [1.29, 1.82) is 0 Å².